The van der Waals surface area contributed by atoms with Gasteiger partial charge in [0.2, 0.25) is 0 Å². The molecule has 0 rings (SSSR count). The van der Waals surface area contributed by atoms with Gasteiger partial charge in [0.25, 0.3) is 0 Å². The number of aliphatic hydroxyl groups excluding tert-OH is 1. The summed E-state index contributed by atoms with van der Waals surface area (Å²) in [5.74, 6) is 0. The summed E-state index contributed by atoms with van der Waals surface area (Å²) in [6.07, 6.45) is 1.43. The first-order valence-corrected chi connectivity index (χ1v) is 4.81. The van der Waals surface area contributed by atoms with Crippen LogP contribution in [0.2, 0.25) is 0 Å². The van der Waals surface area contributed by atoms with Crippen molar-refractivity contribution in [1.29, 1.82) is 0 Å². The first-order chi connectivity index (χ1) is 5.04. The van der Waals surface area contributed by atoms with E-state index < -0.39 is 16.5 Å². The first kappa shape index (κ1) is 18.7. The van der Waals surface area contributed by atoms with Crippen molar-refractivity contribution in [2.75, 3.05) is 6.61 Å². The Labute approximate surface area is 91.3 Å². The van der Waals surface area contributed by atoms with Gasteiger partial charge in [-0.25, -0.2) is 0 Å². The van der Waals surface area contributed by atoms with E-state index in [0.29, 0.717) is 0 Å². The van der Waals surface area contributed by atoms with Gasteiger partial charge < -0.3 is 24.0 Å². The van der Waals surface area contributed by atoms with Crippen LogP contribution in [0, 0.1) is 0 Å². The van der Waals surface area contributed by atoms with Crippen molar-refractivity contribution in [2.45, 2.75) is 0 Å². The van der Waals surface area contributed by atoms with Crippen molar-refractivity contribution in [3.63, 3.8) is 0 Å². The fraction of sp³-hybridized carbons (Fsp3) is 0.333. The molecule has 68 valence electrons. The molecule has 0 aromatic rings. The summed E-state index contributed by atoms with van der Waals surface area (Å²) in [7, 11) is -7.03. The smallest absolute Gasteiger partial charge is 0.781 e. The average molecular weight is 314 g/mol. The summed E-state index contributed by atoms with van der Waals surface area (Å²) >= 11 is 0. The van der Waals surface area contributed by atoms with Gasteiger partial charge in [0.1, 0.15) is 16.5 Å². The third-order valence-electron chi connectivity index (χ3n) is 0.296. The van der Waals surface area contributed by atoms with Gasteiger partial charge in [-0.3, -0.25) is 4.31 Å². The number of rotatable bonds is 3. The van der Waals surface area contributed by atoms with Crippen LogP contribution in [-0.4, -0.2) is 11.7 Å². The minimum atomic E-state index is -3.51. The molecule has 6 nitrogen and oxygen atoms in total. The molecular formula is C3H8CdO6P2. The predicted octanol–water partition coefficient (Wildman–Crippen LogP) is -1.33. The fourth-order valence-corrected chi connectivity index (χ4v) is 0.612. The standard InChI is InChI=1S/C3H6O.Cd.H4O5P2/c1-2-3-4;;1-6(2)5-7(3)4/h2,4H,1,3H2;;6-7H,(H,1,2)(H,3,4)/q;+2;/p-2. The van der Waals surface area contributed by atoms with Crippen LogP contribution in [0.5, 0.6) is 0 Å². The molecule has 0 aliphatic heterocycles. The van der Waals surface area contributed by atoms with E-state index in [-0.39, 0.29) is 33.9 Å². The van der Waals surface area contributed by atoms with Gasteiger partial charge in [-0.05, 0) is 0 Å². The molecule has 0 aliphatic rings. The zero-order valence-corrected chi connectivity index (χ0v) is 12.2. The van der Waals surface area contributed by atoms with Crippen LogP contribution in [0.15, 0.2) is 12.7 Å². The van der Waals surface area contributed by atoms with Crippen LogP contribution in [-0.2, 0) is 40.7 Å². The topological polar surface area (TPSA) is 110 Å². The van der Waals surface area contributed by atoms with Crippen molar-refractivity contribution < 1.29 is 55.6 Å². The molecule has 0 aliphatic carbocycles. The van der Waals surface area contributed by atoms with Crippen LogP contribution >= 0.6 is 16.5 Å². The Balaban J connectivity index is -0.000000142. The van der Waals surface area contributed by atoms with E-state index in [1.54, 1.807) is 0 Å². The van der Waals surface area contributed by atoms with E-state index in [9.17, 15) is 18.9 Å². The summed E-state index contributed by atoms with van der Waals surface area (Å²) in [4.78, 5) is 18.6. The zero-order valence-electron chi connectivity index (χ0n) is 6.19. The van der Waals surface area contributed by atoms with E-state index >= 15 is 0 Å². The van der Waals surface area contributed by atoms with Gasteiger partial charge in [-0.1, -0.05) is 6.08 Å². The van der Waals surface area contributed by atoms with E-state index in [1.807, 2.05) is 0 Å². The molecule has 0 saturated heterocycles. The monoisotopic (exact) mass is 316 g/mol. The Morgan fingerprint density at radius 2 is 1.67 bits per heavy atom. The minimum Gasteiger partial charge on any atom is -0.781 e. The fourth-order valence-electron chi connectivity index (χ4n) is 0.0680. The van der Waals surface area contributed by atoms with Crippen molar-refractivity contribution in [1.82, 2.24) is 0 Å². The quantitative estimate of drug-likeness (QED) is 0.392. The van der Waals surface area contributed by atoms with Gasteiger partial charge in [0, 0.05) is 0 Å². The normalized spacial score (nSPS) is 12.9. The average Bonchev–Trinajstić information content (AvgIpc) is 1.85. The van der Waals surface area contributed by atoms with Crippen LogP contribution in [0.4, 0.5) is 0 Å². The zero-order chi connectivity index (χ0) is 9.28. The van der Waals surface area contributed by atoms with E-state index in [4.69, 9.17) is 5.11 Å². The molecule has 0 fully saturated rings. The molecule has 0 bridgehead atoms. The second-order valence-corrected chi connectivity index (χ2v) is 2.89. The van der Waals surface area contributed by atoms with Crippen molar-refractivity contribution in [2.24, 2.45) is 0 Å². The summed E-state index contributed by atoms with van der Waals surface area (Å²) in [6.45, 7) is 3.31. The van der Waals surface area contributed by atoms with Gasteiger partial charge in [0.15, 0.2) is 0 Å². The molecule has 9 heteroatoms. The molecule has 1 N–H and O–H groups in total. The molecule has 0 amide bonds. The molecular weight excluding hydrogens is 306 g/mol. The summed E-state index contributed by atoms with van der Waals surface area (Å²) in [5, 5.41) is 7.76. The minimum absolute atomic E-state index is 0. The Bertz CT molecular complexity index is 138. The molecule has 12 heavy (non-hydrogen) atoms. The molecule has 0 spiro atoms. The van der Waals surface area contributed by atoms with Crippen molar-refractivity contribution in [3.05, 3.63) is 12.7 Å². The van der Waals surface area contributed by atoms with Gasteiger partial charge in [-0.15, -0.1) is 6.58 Å². The van der Waals surface area contributed by atoms with E-state index in [1.165, 1.54) is 6.08 Å². The molecule has 0 aromatic heterocycles. The van der Waals surface area contributed by atoms with Crippen LogP contribution < -0.4 is 9.79 Å². The molecule has 2 atom stereocenters. The summed E-state index contributed by atoms with van der Waals surface area (Å²) in [6, 6.07) is 0. The molecule has 0 aromatic carbocycles. The van der Waals surface area contributed by atoms with Crippen LogP contribution in [0.25, 0.3) is 0 Å². The van der Waals surface area contributed by atoms with Crippen LogP contribution in [0.1, 0.15) is 0 Å². The van der Waals surface area contributed by atoms with Crippen molar-refractivity contribution >= 4 is 16.5 Å². The van der Waals surface area contributed by atoms with Gasteiger partial charge in [-0.2, -0.15) is 0 Å². The maximum atomic E-state index is 9.29. The molecule has 0 saturated carbocycles. The second-order valence-electron chi connectivity index (χ2n) is 1.07. The first-order valence-electron chi connectivity index (χ1n) is 2.36. The third kappa shape index (κ3) is 30.6. The van der Waals surface area contributed by atoms with Crippen LogP contribution in [0.3, 0.4) is 0 Å². The Morgan fingerprint density at radius 1 is 1.42 bits per heavy atom. The predicted molar refractivity (Wildman–Crippen MR) is 36.4 cm³/mol. The molecule has 2 unspecified atom stereocenters. The van der Waals surface area contributed by atoms with Gasteiger partial charge >= 0.3 is 27.3 Å². The second kappa shape index (κ2) is 14.5. The summed E-state index contributed by atoms with van der Waals surface area (Å²) in [5.41, 5.74) is 0. The van der Waals surface area contributed by atoms with Crippen molar-refractivity contribution in [3.8, 4) is 0 Å². The third-order valence-corrected chi connectivity index (χ3v) is 1.63. The maximum absolute atomic E-state index is 9.29. The number of hydrogen-bond acceptors (Lipinski definition) is 6. The summed E-state index contributed by atoms with van der Waals surface area (Å²) < 4.78 is 21.8. The van der Waals surface area contributed by atoms with E-state index in [2.05, 4.69) is 10.9 Å². The Hall–Kier alpha value is 0.962. The molecule has 0 heterocycles. The largest absolute Gasteiger partial charge is 2.00 e. The number of aliphatic hydroxyl groups is 1. The SMILES string of the molecule is C=CCO.O=[PH]([O-])O[PH](=O)[O-].[Cd+2]. The van der Waals surface area contributed by atoms with E-state index in [0.717, 1.165) is 0 Å². The number of hydrogen-bond donors (Lipinski definition) is 1. The Morgan fingerprint density at radius 3 is 1.67 bits per heavy atom. The molecule has 0 radical (unpaired) electrons. The van der Waals surface area contributed by atoms with Gasteiger partial charge in [0.05, 0.1) is 6.61 Å². The Kier molecular flexibility index (Phi) is 22.6. The maximum Gasteiger partial charge on any atom is 2.00 e.